The largest absolute Gasteiger partial charge is 0.494 e. The zero-order valence-electron chi connectivity index (χ0n) is 10.9. The van der Waals surface area contributed by atoms with Gasteiger partial charge in [0.2, 0.25) is 0 Å². The summed E-state index contributed by atoms with van der Waals surface area (Å²) in [6, 6.07) is 8.18. The first-order valence-electron chi connectivity index (χ1n) is 6.28. The van der Waals surface area contributed by atoms with Crippen molar-refractivity contribution in [1.82, 2.24) is 5.32 Å². The van der Waals surface area contributed by atoms with Crippen LogP contribution in [0, 0.1) is 0 Å². The topological polar surface area (TPSA) is 30.5 Å². The molecular weight excluding hydrogens is 214 g/mol. The summed E-state index contributed by atoms with van der Waals surface area (Å²) in [5.74, 6) is 0.986. The molecule has 1 aromatic carbocycles. The van der Waals surface area contributed by atoms with E-state index in [2.05, 4.69) is 11.4 Å². The number of hydrogen-bond donors (Lipinski definition) is 1. The first kappa shape index (κ1) is 14.0. The highest BCUT2D eigenvalue weighted by Crippen LogP contribution is 2.17. The molecule has 96 valence electrons. The smallest absolute Gasteiger partial charge is 0.123 e. The zero-order chi connectivity index (χ0) is 12.3. The van der Waals surface area contributed by atoms with Crippen LogP contribution in [0.1, 0.15) is 25.3 Å². The lowest BCUT2D eigenvalue weighted by Gasteiger charge is -2.10. The molecule has 1 N–H and O–H groups in total. The van der Waals surface area contributed by atoms with Gasteiger partial charge in [-0.05, 0) is 32.4 Å². The maximum Gasteiger partial charge on any atom is 0.123 e. The van der Waals surface area contributed by atoms with Gasteiger partial charge in [0, 0.05) is 25.8 Å². The predicted molar refractivity (Wildman–Crippen MR) is 70.4 cm³/mol. The van der Waals surface area contributed by atoms with Crippen molar-refractivity contribution >= 4 is 0 Å². The van der Waals surface area contributed by atoms with Crippen molar-refractivity contribution in [3.8, 4) is 5.75 Å². The van der Waals surface area contributed by atoms with E-state index in [0.717, 1.165) is 38.3 Å². The molecule has 0 atom stereocenters. The number of hydrogen-bond acceptors (Lipinski definition) is 3. The van der Waals surface area contributed by atoms with Crippen molar-refractivity contribution in [3.63, 3.8) is 0 Å². The molecule has 0 aliphatic rings. The highest BCUT2D eigenvalue weighted by Gasteiger charge is 2.00. The van der Waals surface area contributed by atoms with E-state index in [1.54, 1.807) is 7.11 Å². The van der Waals surface area contributed by atoms with Gasteiger partial charge in [-0.25, -0.2) is 0 Å². The second-order valence-corrected chi connectivity index (χ2v) is 3.92. The van der Waals surface area contributed by atoms with Gasteiger partial charge >= 0.3 is 0 Å². The first-order chi connectivity index (χ1) is 8.38. The lowest BCUT2D eigenvalue weighted by atomic mass is 10.2. The van der Waals surface area contributed by atoms with Crippen molar-refractivity contribution in [3.05, 3.63) is 29.8 Å². The van der Waals surface area contributed by atoms with Crippen LogP contribution >= 0.6 is 0 Å². The summed E-state index contributed by atoms with van der Waals surface area (Å²) in [5.41, 5.74) is 1.22. The molecule has 0 aliphatic heterocycles. The molecule has 0 bridgehead atoms. The SMILES string of the molecule is CCOc1ccccc1CNCCCCOC. The minimum absolute atomic E-state index is 0.713. The third kappa shape index (κ3) is 5.71. The molecule has 0 saturated heterocycles. The van der Waals surface area contributed by atoms with E-state index in [1.807, 2.05) is 25.1 Å². The second kappa shape index (κ2) is 9.02. The van der Waals surface area contributed by atoms with Crippen molar-refractivity contribution in [2.75, 3.05) is 26.9 Å². The average molecular weight is 237 g/mol. The molecule has 0 spiro atoms. The molecule has 3 nitrogen and oxygen atoms in total. The van der Waals surface area contributed by atoms with Gasteiger partial charge in [-0.3, -0.25) is 0 Å². The molecule has 0 radical (unpaired) electrons. The van der Waals surface area contributed by atoms with E-state index >= 15 is 0 Å². The molecule has 3 heteroatoms. The predicted octanol–water partition coefficient (Wildman–Crippen LogP) is 2.60. The van der Waals surface area contributed by atoms with Gasteiger partial charge in [0.05, 0.1) is 6.61 Å². The standard InChI is InChI=1S/C14H23NO2/c1-3-17-14-9-5-4-8-13(14)12-15-10-6-7-11-16-2/h4-5,8-9,15H,3,6-7,10-12H2,1-2H3. The minimum Gasteiger partial charge on any atom is -0.494 e. The lowest BCUT2D eigenvalue weighted by Crippen LogP contribution is -2.15. The molecule has 0 saturated carbocycles. The quantitative estimate of drug-likeness (QED) is 0.670. The van der Waals surface area contributed by atoms with Crippen LogP contribution in [0.5, 0.6) is 5.75 Å². The summed E-state index contributed by atoms with van der Waals surface area (Å²) in [7, 11) is 1.74. The minimum atomic E-state index is 0.713. The van der Waals surface area contributed by atoms with Gasteiger partial charge in [-0.2, -0.15) is 0 Å². The molecule has 1 aromatic rings. The Morgan fingerprint density at radius 2 is 2.00 bits per heavy atom. The fourth-order valence-electron chi connectivity index (χ4n) is 1.67. The highest BCUT2D eigenvalue weighted by atomic mass is 16.5. The van der Waals surface area contributed by atoms with Crippen LogP contribution in [-0.4, -0.2) is 26.9 Å². The van der Waals surface area contributed by atoms with Crippen LogP contribution in [0.3, 0.4) is 0 Å². The Bertz CT molecular complexity index is 302. The van der Waals surface area contributed by atoms with Crippen molar-refractivity contribution < 1.29 is 9.47 Å². The van der Waals surface area contributed by atoms with Crippen molar-refractivity contribution in [2.45, 2.75) is 26.3 Å². The molecule has 0 unspecified atom stereocenters. The summed E-state index contributed by atoms with van der Waals surface area (Å²) >= 11 is 0. The van der Waals surface area contributed by atoms with Gasteiger partial charge in [-0.1, -0.05) is 18.2 Å². The molecule has 0 heterocycles. The Labute approximate surface area is 104 Å². The maximum atomic E-state index is 5.57. The Kier molecular flexibility index (Phi) is 7.43. The summed E-state index contributed by atoms with van der Waals surface area (Å²) in [6.45, 7) is 5.45. The van der Waals surface area contributed by atoms with E-state index < -0.39 is 0 Å². The van der Waals surface area contributed by atoms with Gasteiger partial charge in [-0.15, -0.1) is 0 Å². The van der Waals surface area contributed by atoms with E-state index in [1.165, 1.54) is 5.56 Å². The van der Waals surface area contributed by atoms with Crippen molar-refractivity contribution in [1.29, 1.82) is 0 Å². The third-order valence-electron chi connectivity index (χ3n) is 2.54. The number of nitrogens with one attached hydrogen (secondary N) is 1. The number of unbranched alkanes of at least 4 members (excludes halogenated alkanes) is 1. The van der Waals surface area contributed by atoms with E-state index in [9.17, 15) is 0 Å². The number of methoxy groups -OCH3 is 1. The molecule has 0 aliphatic carbocycles. The van der Waals surface area contributed by atoms with Crippen LogP contribution in [-0.2, 0) is 11.3 Å². The van der Waals surface area contributed by atoms with Gasteiger partial charge in [0.1, 0.15) is 5.75 Å². The van der Waals surface area contributed by atoms with Crippen LogP contribution < -0.4 is 10.1 Å². The van der Waals surface area contributed by atoms with Gasteiger partial charge < -0.3 is 14.8 Å². The highest BCUT2D eigenvalue weighted by molar-refractivity contribution is 5.33. The number of ether oxygens (including phenoxy) is 2. The van der Waals surface area contributed by atoms with Gasteiger partial charge in [0.25, 0.3) is 0 Å². The monoisotopic (exact) mass is 237 g/mol. The molecule has 1 rings (SSSR count). The molecule has 0 amide bonds. The number of benzene rings is 1. The zero-order valence-corrected chi connectivity index (χ0v) is 10.9. The van der Waals surface area contributed by atoms with Crippen LogP contribution in [0.25, 0.3) is 0 Å². The van der Waals surface area contributed by atoms with E-state index in [-0.39, 0.29) is 0 Å². The van der Waals surface area contributed by atoms with Crippen molar-refractivity contribution in [2.24, 2.45) is 0 Å². The Morgan fingerprint density at radius 3 is 2.76 bits per heavy atom. The van der Waals surface area contributed by atoms with E-state index in [4.69, 9.17) is 9.47 Å². The molecule has 0 fully saturated rings. The summed E-state index contributed by atoms with van der Waals surface area (Å²) in [4.78, 5) is 0. The summed E-state index contributed by atoms with van der Waals surface area (Å²) in [6.07, 6.45) is 2.25. The summed E-state index contributed by atoms with van der Waals surface area (Å²) < 4.78 is 10.6. The van der Waals surface area contributed by atoms with Crippen LogP contribution in [0.4, 0.5) is 0 Å². The lowest BCUT2D eigenvalue weighted by molar-refractivity contribution is 0.192. The molecule has 17 heavy (non-hydrogen) atoms. The summed E-state index contributed by atoms with van der Waals surface area (Å²) in [5, 5.41) is 3.42. The van der Waals surface area contributed by atoms with Crippen LogP contribution in [0.15, 0.2) is 24.3 Å². The Morgan fingerprint density at radius 1 is 1.18 bits per heavy atom. The van der Waals surface area contributed by atoms with Crippen LogP contribution in [0.2, 0.25) is 0 Å². The van der Waals surface area contributed by atoms with E-state index in [0.29, 0.717) is 6.61 Å². The number of para-hydroxylation sites is 1. The Balaban J connectivity index is 2.25. The fourth-order valence-corrected chi connectivity index (χ4v) is 1.67. The number of rotatable bonds is 9. The second-order valence-electron chi connectivity index (χ2n) is 3.92. The third-order valence-corrected chi connectivity index (χ3v) is 2.54. The normalized spacial score (nSPS) is 10.5. The average Bonchev–Trinajstić information content (AvgIpc) is 2.36. The fraction of sp³-hybridized carbons (Fsp3) is 0.571. The van der Waals surface area contributed by atoms with Gasteiger partial charge in [0.15, 0.2) is 0 Å². The maximum absolute atomic E-state index is 5.57. The Hall–Kier alpha value is -1.06. The molecule has 0 aromatic heterocycles. The molecular formula is C14H23NO2. The first-order valence-corrected chi connectivity index (χ1v) is 6.28.